The quantitative estimate of drug-likeness (QED) is 0.819. The van der Waals surface area contributed by atoms with Crippen LogP contribution in [0.1, 0.15) is 17.4 Å². The molecule has 0 saturated heterocycles. The van der Waals surface area contributed by atoms with Crippen LogP contribution in [0.4, 0.5) is 0 Å². The lowest BCUT2D eigenvalue weighted by molar-refractivity contribution is -0.136. The van der Waals surface area contributed by atoms with Gasteiger partial charge in [-0.3, -0.25) is 20.1 Å². The van der Waals surface area contributed by atoms with Gasteiger partial charge in [0.15, 0.2) is 0 Å². The molecule has 5 heteroatoms. The second kappa shape index (κ2) is 6.61. The predicted molar refractivity (Wildman–Crippen MR) is 70.6 cm³/mol. The standard InChI is InChI=1S/C14H15N3O2/c18-14(19)10-17-13(12-6-2-4-8-16-12)9-11-5-1-3-7-15-11/h1-8,13,17H,9-10H2,(H,18,19). The molecule has 0 fully saturated rings. The third-order valence-electron chi connectivity index (χ3n) is 2.68. The van der Waals surface area contributed by atoms with Crippen molar-refractivity contribution < 1.29 is 9.90 Å². The van der Waals surface area contributed by atoms with Crippen molar-refractivity contribution in [2.24, 2.45) is 0 Å². The van der Waals surface area contributed by atoms with Crippen LogP contribution < -0.4 is 5.32 Å². The number of pyridine rings is 2. The maximum absolute atomic E-state index is 10.7. The molecule has 0 radical (unpaired) electrons. The van der Waals surface area contributed by atoms with Gasteiger partial charge < -0.3 is 5.11 Å². The minimum atomic E-state index is -0.887. The largest absolute Gasteiger partial charge is 0.480 e. The van der Waals surface area contributed by atoms with Crippen molar-refractivity contribution in [1.82, 2.24) is 15.3 Å². The van der Waals surface area contributed by atoms with E-state index in [4.69, 9.17) is 5.11 Å². The Labute approximate surface area is 111 Å². The minimum Gasteiger partial charge on any atom is -0.480 e. The molecular formula is C14H15N3O2. The molecule has 5 nitrogen and oxygen atoms in total. The van der Waals surface area contributed by atoms with E-state index in [1.165, 1.54) is 0 Å². The Balaban J connectivity index is 2.12. The van der Waals surface area contributed by atoms with Crippen molar-refractivity contribution in [1.29, 1.82) is 0 Å². The third-order valence-corrected chi connectivity index (χ3v) is 2.68. The highest BCUT2D eigenvalue weighted by molar-refractivity contribution is 5.69. The number of carboxylic acids is 1. The molecular weight excluding hydrogens is 242 g/mol. The lowest BCUT2D eigenvalue weighted by atomic mass is 10.1. The third kappa shape index (κ3) is 4.15. The Morgan fingerprint density at radius 3 is 2.47 bits per heavy atom. The van der Waals surface area contributed by atoms with E-state index < -0.39 is 5.97 Å². The molecule has 0 aliphatic heterocycles. The smallest absolute Gasteiger partial charge is 0.317 e. The van der Waals surface area contributed by atoms with E-state index in [9.17, 15) is 4.79 Å². The topological polar surface area (TPSA) is 75.1 Å². The van der Waals surface area contributed by atoms with Gasteiger partial charge in [-0.1, -0.05) is 12.1 Å². The highest BCUT2D eigenvalue weighted by atomic mass is 16.4. The second-order valence-electron chi connectivity index (χ2n) is 4.11. The molecule has 2 aromatic rings. The number of rotatable bonds is 6. The SMILES string of the molecule is O=C(O)CNC(Cc1ccccn1)c1ccccn1. The van der Waals surface area contributed by atoms with Gasteiger partial charge in [0.25, 0.3) is 0 Å². The van der Waals surface area contributed by atoms with Crippen molar-refractivity contribution in [3.63, 3.8) is 0 Å². The maximum atomic E-state index is 10.7. The van der Waals surface area contributed by atoms with Gasteiger partial charge in [0.2, 0.25) is 0 Å². The number of hydrogen-bond acceptors (Lipinski definition) is 4. The van der Waals surface area contributed by atoms with Crippen LogP contribution >= 0.6 is 0 Å². The maximum Gasteiger partial charge on any atom is 0.317 e. The molecule has 0 aliphatic rings. The molecule has 0 spiro atoms. The van der Waals surface area contributed by atoms with Crippen LogP contribution in [0.15, 0.2) is 48.8 Å². The highest BCUT2D eigenvalue weighted by Crippen LogP contribution is 2.14. The molecule has 2 heterocycles. The molecule has 0 bridgehead atoms. The minimum absolute atomic E-state index is 0.103. The van der Waals surface area contributed by atoms with Crippen molar-refractivity contribution >= 4 is 5.97 Å². The van der Waals surface area contributed by atoms with Crippen LogP contribution in [0.25, 0.3) is 0 Å². The number of nitrogens with zero attached hydrogens (tertiary/aromatic N) is 2. The molecule has 0 aromatic carbocycles. The second-order valence-corrected chi connectivity index (χ2v) is 4.11. The molecule has 0 saturated carbocycles. The number of carbonyl (C=O) groups is 1. The molecule has 1 atom stereocenters. The van der Waals surface area contributed by atoms with Crippen LogP contribution in [0.5, 0.6) is 0 Å². The monoisotopic (exact) mass is 257 g/mol. The number of aliphatic carboxylic acids is 1. The fourth-order valence-corrected chi connectivity index (χ4v) is 1.80. The predicted octanol–water partition coefficient (Wildman–Crippen LogP) is 1.43. The Morgan fingerprint density at radius 2 is 1.89 bits per heavy atom. The van der Waals surface area contributed by atoms with Gasteiger partial charge in [-0.25, -0.2) is 0 Å². The number of aromatic nitrogens is 2. The first-order valence-electron chi connectivity index (χ1n) is 6.01. The summed E-state index contributed by atoms with van der Waals surface area (Å²) in [6.07, 6.45) is 4.02. The van der Waals surface area contributed by atoms with Gasteiger partial charge in [0.05, 0.1) is 18.3 Å². The average molecular weight is 257 g/mol. The van der Waals surface area contributed by atoms with Gasteiger partial charge in [-0.2, -0.15) is 0 Å². The molecule has 2 aromatic heterocycles. The first kappa shape index (κ1) is 13.2. The van der Waals surface area contributed by atoms with E-state index in [1.54, 1.807) is 12.4 Å². The van der Waals surface area contributed by atoms with E-state index in [0.29, 0.717) is 6.42 Å². The Morgan fingerprint density at radius 1 is 1.16 bits per heavy atom. The summed E-state index contributed by atoms with van der Waals surface area (Å²) in [5.41, 5.74) is 1.71. The first-order valence-corrected chi connectivity index (χ1v) is 6.01. The number of nitrogens with one attached hydrogen (secondary N) is 1. The number of carboxylic acid groups (broad SMARTS) is 1. The highest BCUT2D eigenvalue weighted by Gasteiger charge is 2.14. The van der Waals surface area contributed by atoms with Crippen molar-refractivity contribution in [3.05, 3.63) is 60.2 Å². The molecule has 2 N–H and O–H groups in total. The normalized spacial score (nSPS) is 12.0. The van der Waals surface area contributed by atoms with E-state index >= 15 is 0 Å². The summed E-state index contributed by atoms with van der Waals surface area (Å²) in [6.45, 7) is -0.103. The van der Waals surface area contributed by atoms with Crippen molar-refractivity contribution in [2.45, 2.75) is 12.5 Å². The number of hydrogen-bond donors (Lipinski definition) is 2. The lowest BCUT2D eigenvalue weighted by Gasteiger charge is -2.16. The van der Waals surface area contributed by atoms with Gasteiger partial charge in [0, 0.05) is 24.5 Å². The molecule has 0 aliphatic carbocycles. The Hall–Kier alpha value is -2.27. The summed E-state index contributed by atoms with van der Waals surface area (Å²) >= 11 is 0. The van der Waals surface area contributed by atoms with Crippen LogP contribution in [-0.4, -0.2) is 27.6 Å². The van der Waals surface area contributed by atoms with E-state index in [-0.39, 0.29) is 12.6 Å². The summed E-state index contributed by atoms with van der Waals surface area (Å²) in [5, 5.41) is 11.8. The van der Waals surface area contributed by atoms with E-state index in [0.717, 1.165) is 11.4 Å². The van der Waals surface area contributed by atoms with Crippen LogP contribution in [-0.2, 0) is 11.2 Å². The fourth-order valence-electron chi connectivity index (χ4n) is 1.80. The molecule has 1 unspecified atom stereocenters. The van der Waals surface area contributed by atoms with E-state index in [1.807, 2.05) is 36.4 Å². The van der Waals surface area contributed by atoms with Crippen molar-refractivity contribution in [3.8, 4) is 0 Å². The molecule has 19 heavy (non-hydrogen) atoms. The first-order chi connectivity index (χ1) is 9.25. The van der Waals surface area contributed by atoms with Crippen LogP contribution in [0, 0.1) is 0 Å². The molecule has 2 rings (SSSR count). The van der Waals surface area contributed by atoms with E-state index in [2.05, 4.69) is 15.3 Å². The zero-order chi connectivity index (χ0) is 13.5. The Kier molecular flexibility index (Phi) is 4.58. The summed E-state index contributed by atoms with van der Waals surface area (Å²) in [4.78, 5) is 19.2. The van der Waals surface area contributed by atoms with Gasteiger partial charge >= 0.3 is 5.97 Å². The van der Waals surface area contributed by atoms with Crippen LogP contribution in [0.2, 0.25) is 0 Å². The van der Waals surface area contributed by atoms with Crippen LogP contribution in [0.3, 0.4) is 0 Å². The summed E-state index contributed by atoms with van der Waals surface area (Å²) in [5.74, 6) is -0.887. The zero-order valence-corrected chi connectivity index (χ0v) is 10.4. The van der Waals surface area contributed by atoms with Gasteiger partial charge in [0.1, 0.15) is 0 Å². The zero-order valence-electron chi connectivity index (χ0n) is 10.4. The summed E-state index contributed by atoms with van der Waals surface area (Å²) < 4.78 is 0. The summed E-state index contributed by atoms with van der Waals surface area (Å²) in [6, 6.07) is 11.1. The van der Waals surface area contributed by atoms with Gasteiger partial charge in [-0.05, 0) is 24.3 Å². The van der Waals surface area contributed by atoms with Gasteiger partial charge in [-0.15, -0.1) is 0 Å². The van der Waals surface area contributed by atoms with Crippen molar-refractivity contribution in [2.75, 3.05) is 6.54 Å². The average Bonchev–Trinajstić information content (AvgIpc) is 2.45. The molecule has 0 amide bonds. The molecule has 98 valence electrons. The lowest BCUT2D eigenvalue weighted by Crippen LogP contribution is -2.29. The fraction of sp³-hybridized carbons (Fsp3) is 0.214. The summed E-state index contributed by atoms with van der Waals surface area (Å²) in [7, 11) is 0. The Bertz CT molecular complexity index is 517.